The number of anilines is 1. The molecule has 1 aliphatic rings. The molecule has 0 saturated heterocycles. The Balaban J connectivity index is 1.94. The molecule has 104 valence electrons. The number of nitrogens with one attached hydrogen (secondary N) is 2. The fraction of sp³-hybridized carbons (Fsp3) is 0.643. The third-order valence-electron chi connectivity index (χ3n) is 3.94. The molecule has 19 heavy (non-hydrogen) atoms. The summed E-state index contributed by atoms with van der Waals surface area (Å²) >= 11 is 0. The van der Waals surface area contributed by atoms with Crippen molar-refractivity contribution in [3.63, 3.8) is 0 Å². The van der Waals surface area contributed by atoms with Crippen LogP contribution in [-0.4, -0.2) is 29.0 Å². The molecule has 5 heteroatoms. The van der Waals surface area contributed by atoms with Gasteiger partial charge in [-0.15, -0.1) is 0 Å². The molecule has 0 bridgehead atoms. The van der Waals surface area contributed by atoms with Crippen LogP contribution in [0.25, 0.3) is 0 Å². The summed E-state index contributed by atoms with van der Waals surface area (Å²) in [5.74, 6) is 1.10. The third-order valence-corrected chi connectivity index (χ3v) is 3.94. The zero-order chi connectivity index (χ0) is 13.9. The first-order chi connectivity index (χ1) is 9.07. The van der Waals surface area contributed by atoms with Crippen LogP contribution >= 0.6 is 0 Å². The molecule has 0 spiro atoms. The normalized spacial score (nSPS) is 16.2. The second kappa shape index (κ2) is 5.55. The lowest BCUT2D eigenvalue weighted by Crippen LogP contribution is -2.33. The average molecular weight is 262 g/mol. The van der Waals surface area contributed by atoms with Crippen LogP contribution in [0.15, 0.2) is 12.4 Å². The van der Waals surface area contributed by atoms with E-state index in [0.29, 0.717) is 22.8 Å². The van der Waals surface area contributed by atoms with Gasteiger partial charge in [-0.2, -0.15) is 0 Å². The number of amides is 1. The van der Waals surface area contributed by atoms with Gasteiger partial charge in [0.15, 0.2) is 0 Å². The van der Waals surface area contributed by atoms with E-state index in [9.17, 15) is 4.79 Å². The minimum Gasteiger partial charge on any atom is -0.369 e. The highest BCUT2D eigenvalue weighted by Gasteiger charge is 2.45. The fourth-order valence-electron chi connectivity index (χ4n) is 2.21. The molecule has 2 N–H and O–H groups in total. The van der Waals surface area contributed by atoms with Gasteiger partial charge in [-0.3, -0.25) is 9.78 Å². The number of aromatic nitrogens is 2. The highest BCUT2D eigenvalue weighted by Crippen LogP contribution is 2.51. The van der Waals surface area contributed by atoms with E-state index in [1.807, 2.05) is 6.92 Å². The van der Waals surface area contributed by atoms with Gasteiger partial charge in [-0.25, -0.2) is 4.98 Å². The maximum atomic E-state index is 12.1. The van der Waals surface area contributed by atoms with Crippen molar-refractivity contribution in [2.75, 3.05) is 18.4 Å². The quantitative estimate of drug-likeness (QED) is 0.823. The maximum absolute atomic E-state index is 12.1. The topological polar surface area (TPSA) is 66.9 Å². The van der Waals surface area contributed by atoms with Gasteiger partial charge in [0.1, 0.15) is 11.5 Å². The van der Waals surface area contributed by atoms with Gasteiger partial charge >= 0.3 is 0 Å². The number of carbonyl (C=O) groups excluding carboxylic acids is 1. The predicted molar refractivity (Wildman–Crippen MR) is 75.0 cm³/mol. The second-order valence-electron chi connectivity index (χ2n) is 5.52. The molecule has 5 nitrogen and oxygen atoms in total. The van der Waals surface area contributed by atoms with Gasteiger partial charge in [0.05, 0.1) is 12.4 Å². The molecule has 1 aliphatic carbocycles. The van der Waals surface area contributed by atoms with Crippen LogP contribution in [0.2, 0.25) is 0 Å². The molecule has 1 aromatic heterocycles. The number of hydrogen-bond acceptors (Lipinski definition) is 4. The van der Waals surface area contributed by atoms with Crippen molar-refractivity contribution in [2.45, 2.75) is 33.6 Å². The predicted octanol–water partition coefficient (Wildman–Crippen LogP) is 2.07. The zero-order valence-electron chi connectivity index (χ0n) is 11.9. The lowest BCUT2D eigenvalue weighted by molar-refractivity contribution is 0.0934. The van der Waals surface area contributed by atoms with Crippen LogP contribution in [0.5, 0.6) is 0 Å². The molecule has 0 aromatic carbocycles. The first kappa shape index (κ1) is 13.8. The lowest BCUT2D eigenvalue weighted by Gasteiger charge is -2.19. The van der Waals surface area contributed by atoms with Crippen LogP contribution < -0.4 is 10.6 Å². The van der Waals surface area contributed by atoms with Crippen molar-refractivity contribution in [1.29, 1.82) is 0 Å². The van der Waals surface area contributed by atoms with E-state index in [4.69, 9.17) is 0 Å². The minimum absolute atomic E-state index is 0.140. The van der Waals surface area contributed by atoms with Crippen LogP contribution in [0.4, 0.5) is 5.82 Å². The minimum atomic E-state index is -0.140. The maximum Gasteiger partial charge on any atom is 0.271 e. The number of carbonyl (C=O) groups is 1. The van der Waals surface area contributed by atoms with E-state index in [1.165, 1.54) is 19.0 Å². The van der Waals surface area contributed by atoms with Crippen molar-refractivity contribution in [3.8, 4) is 0 Å². The van der Waals surface area contributed by atoms with Gasteiger partial charge in [-0.05, 0) is 31.1 Å². The van der Waals surface area contributed by atoms with Crippen LogP contribution in [0, 0.1) is 11.3 Å². The first-order valence-corrected chi connectivity index (χ1v) is 6.91. The van der Waals surface area contributed by atoms with Crippen molar-refractivity contribution in [1.82, 2.24) is 15.3 Å². The molecule has 1 heterocycles. The Bertz CT molecular complexity index is 455. The molecule has 0 atom stereocenters. The standard InChI is InChI=1S/C14H22N4O/c1-4-16-12-8-15-7-11(18-12)13(19)17-9-14(5-6-14)10(2)3/h7-8,10H,4-6,9H2,1-3H3,(H,16,18)(H,17,19). The van der Waals surface area contributed by atoms with Gasteiger partial charge in [0.25, 0.3) is 5.91 Å². The molecular formula is C14H22N4O. The van der Waals surface area contributed by atoms with Gasteiger partial charge in [-0.1, -0.05) is 13.8 Å². The summed E-state index contributed by atoms with van der Waals surface area (Å²) in [6, 6.07) is 0. The lowest BCUT2D eigenvalue weighted by atomic mass is 9.92. The fourth-order valence-corrected chi connectivity index (χ4v) is 2.21. The van der Waals surface area contributed by atoms with E-state index in [0.717, 1.165) is 13.1 Å². The van der Waals surface area contributed by atoms with Crippen molar-refractivity contribution in [2.24, 2.45) is 11.3 Å². The van der Waals surface area contributed by atoms with Crippen LogP contribution in [0.1, 0.15) is 44.1 Å². The Labute approximate surface area is 114 Å². The summed E-state index contributed by atoms with van der Waals surface area (Å²) in [5, 5.41) is 6.04. The summed E-state index contributed by atoms with van der Waals surface area (Å²) in [7, 11) is 0. The van der Waals surface area contributed by atoms with Gasteiger partial charge in [0, 0.05) is 13.1 Å². The Morgan fingerprint density at radius 1 is 1.42 bits per heavy atom. The molecule has 1 saturated carbocycles. The van der Waals surface area contributed by atoms with Crippen LogP contribution in [0.3, 0.4) is 0 Å². The van der Waals surface area contributed by atoms with Gasteiger partial charge < -0.3 is 10.6 Å². The summed E-state index contributed by atoms with van der Waals surface area (Å²) in [6.45, 7) is 7.90. The Morgan fingerprint density at radius 3 is 2.74 bits per heavy atom. The molecule has 1 amide bonds. The first-order valence-electron chi connectivity index (χ1n) is 6.91. The zero-order valence-corrected chi connectivity index (χ0v) is 11.9. The van der Waals surface area contributed by atoms with Crippen molar-refractivity contribution >= 4 is 11.7 Å². The molecule has 1 fully saturated rings. The highest BCUT2D eigenvalue weighted by molar-refractivity contribution is 5.92. The monoisotopic (exact) mass is 262 g/mol. The van der Waals surface area contributed by atoms with Crippen molar-refractivity contribution in [3.05, 3.63) is 18.1 Å². The smallest absolute Gasteiger partial charge is 0.271 e. The highest BCUT2D eigenvalue weighted by atomic mass is 16.1. The Hall–Kier alpha value is -1.65. The Morgan fingerprint density at radius 2 is 2.16 bits per heavy atom. The molecular weight excluding hydrogens is 240 g/mol. The molecule has 1 aromatic rings. The van der Waals surface area contributed by atoms with E-state index in [-0.39, 0.29) is 5.91 Å². The molecule has 0 aliphatic heterocycles. The summed E-state index contributed by atoms with van der Waals surface area (Å²) in [4.78, 5) is 20.3. The summed E-state index contributed by atoms with van der Waals surface area (Å²) in [6.07, 6.45) is 5.53. The largest absolute Gasteiger partial charge is 0.369 e. The molecule has 0 unspecified atom stereocenters. The summed E-state index contributed by atoms with van der Waals surface area (Å²) in [5.41, 5.74) is 0.681. The number of rotatable bonds is 6. The molecule has 0 radical (unpaired) electrons. The van der Waals surface area contributed by atoms with E-state index in [2.05, 4.69) is 34.4 Å². The van der Waals surface area contributed by atoms with E-state index >= 15 is 0 Å². The second-order valence-corrected chi connectivity index (χ2v) is 5.52. The van der Waals surface area contributed by atoms with Gasteiger partial charge in [0.2, 0.25) is 0 Å². The van der Waals surface area contributed by atoms with Crippen molar-refractivity contribution < 1.29 is 4.79 Å². The summed E-state index contributed by atoms with van der Waals surface area (Å²) < 4.78 is 0. The number of nitrogens with zero attached hydrogens (tertiary/aromatic N) is 2. The average Bonchev–Trinajstić information content (AvgIpc) is 3.18. The van der Waals surface area contributed by atoms with E-state index < -0.39 is 0 Å². The van der Waals surface area contributed by atoms with E-state index in [1.54, 1.807) is 6.20 Å². The third kappa shape index (κ3) is 3.22. The van der Waals surface area contributed by atoms with Crippen LogP contribution in [-0.2, 0) is 0 Å². The molecule has 2 rings (SSSR count). The number of hydrogen-bond donors (Lipinski definition) is 2. The SMILES string of the molecule is CCNc1cncc(C(=O)NCC2(C(C)C)CC2)n1. The Kier molecular flexibility index (Phi) is 4.02.